The number of aromatic nitrogens is 1. The number of carbonyl (C=O) groups excluding carboxylic acids is 1. The molecule has 0 spiro atoms. The number of nitrogens with one attached hydrogen (secondary N) is 1. The van der Waals surface area contributed by atoms with Gasteiger partial charge in [-0.05, 0) is 43.0 Å². The maximum absolute atomic E-state index is 12.9. The van der Waals surface area contributed by atoms with Crippen LogP contribution >= 0.6 is 11.3 Å². The van der Waals surface area contributed by atoms with E-state index in [0.29, 0.717) is 6.54 Å². The molecule has 5 heteroatoms. The molecule has 3 aromatic rings. The molecule has 1 amide bonds. The minimum Gasteiger partial charge on any atom is -0.349 e. The molecule has 140 valence electrons. The lowest BCUT2D eigenvalue weighted by Gasteiger charge is -2.34. The molecule has 0 saturated carbocycles. The van der Waals surface area contributed by atoms with E-state index in [1.165, 1.54) is 11.3 Å². The molecule has 0 fully saturated rings. The molecule has 2 unspecified atom stereocenters. The van der Waals surface area contributed by atoms with Crippen molar-refractivity contribution in [3.63, 3.8) is 0 Å². The Hall–Kier alpha value is -2.37. The van der Waals surface area contributed by atoms with Crippen molar-refractivity contribution < 1.29 is 4.79 Å². The smallest absolute Gasteiger partial charge is 0.234 e. The topological polar surface area (TPSA) is 37.3 Å². The van der Waals surface area contributed by atoms with Crippen molar-refractivity contribution in [1.29, 1.82) is 0 Å². The molecule has 2 atom stereocenters. The molecule has 0 aliphatic carbocycles. The van der Waals surface area contributed by atoms with Gasteiger partial charge in [0.05, 0.1) is 12.6 Å². The van der Waals surface area contributed by atoms with Gasteiger partial charge in [-0.3, -0.25) is 9.69 Å². The minimum absolute atomic E-state index is 0.0702. The maximum Gasteiger partial charge on any atom is 0.234 e. The fourth-order valence-corrected chi connectivity index (χ4v) is 4.57. The van der Waals surface area contributed by atoms with E-state index in [2.05, 4.69) is 82.7 Å². The van der Waals surface area contributed by atoms with E-state index in [9.17, 15) is 4.79 Å². The van der Waals surface area contributed by atoms with Crippen molar-refractivity contribution in [2.24, 2.45) is 0 Å². The Morgan fingerprint density at radius 3 is 2.74 bits per heavy atom. The summed E-state index contributed by atoms with van der Waals surface area (Å²) in [7, 11) is 0. The fourth-order valence-electron chi connectivity index (χ4n) is 3.77. The van der Waals surface area contributed by atoms with E-state index in [4.69, 9.17) is 0 Å². The lowest BCUT2D eigenvalue weighted by molar-refractivity contribution is -0.123. The second-order valence-electron chi connectivity index (χ2n) is 7.20. The second-order valence-corrected chi connectivity index (χ2v) is 8.18. The van der Waals surface area contributed by atoms with Crippen LogP contribution < -0.4 is 5.32 Å². The van der Waals surface area contributed by atoms with Crippen LogP contribution in [0.25, 0.3) is 0 Å². The zero-order chi connectivity index (χ0) is 18.8. The van der Waals surface area contributed by atoms with Crippen LogP contribution in [0.5, 0.6) is 0 Å². The van der Waals surface area contributed by atoms with Gasteiger partial charge in [0.2, 0.25) is 5.91 Å². The molecule has 4 nitrogen and oxygen atoms in total. The molecule has 2 aromatic heterocycles. The van der Waals surface area contributed by atoms with E-state index in [1.807, 2.05) is 6.07 Å². The highest BCUT2D eigenvalue weighted by molar-refractivity contribution is 7.10. The fraction of sp³-hybridized carbons (Fsp3) is 0.318. The van der Waals surface area contributed by atoms with Crippen LogP contribution in [-0.4, -0.2) is 28.5 Å². The van der Waals surface area contributed by atoms with Crippen LogP contribution in [0.1, 0.15) is 40.7 Å². The van der Waals surface area contributed by atoms with Gasteiger partial charge in [0.15, 0.2) is 0 Å². The zero-order valence-corrected chi connectivity index (χ0v) is 16.6. The average Bonchev–Trinajstić information content (AvgIpc) is 3.35. The third kappa shape index (κ3) is 3.84. The Morgan fingerprint density at radius 1 is 1.19 bits per heavy atom. The zero-order valence-electron chi connectivity index (χ0n) is 15.8. The highest BCUT2D eigenvalue weighted by Gasteiger charge is 2.26. The van der Waals surface area contributed by atoms with Crippen molar-refractivity contribution in [3.8, 4) is 0 Å². The maximum atomic E-state index is 12.9. The molecule has 0 saturated heterocycles. The molecule has 1 aliphatic heterocycles. The summed E-state index contributed by atoms with van der Waals surface area (Å²) in [6, 6.07) is 16.9. The third-order valence-electron chi connectivity index (χ3n) is 5.36. The average molecular weight is 380 g/mol. The standard InChI is InChI=1S/C22H25N3OS/c1-16-7-9-18(10-8-16)22(20-6-4-14-27-20)23-21(26)15-25-13-12-24-11-3-5-19(24)17(25)2/h3-11,14,17,22H,12-13,15H2,1-2H3,(H,23,26). The quantitative estimate of drug-likeness (QED) is 0.723. The molecule has 1 aromatic carbocycles. The highest BCUT2D eigenvalue weighted by Crippen LogP contribution is 2.28. The first-order valence-electron chi connectivity index (χ1n) is 9.40. The van der Waals surface area contributed by atoms with Gasteiger partial charge in [0, 0.05) is 35.9 Å². The summed E-state index contributed by atoms with van der Waals surface area (Å²) in [5.74, 6) is 0.0702. The molecule has 0 bridgehead atoms. The van der Waals surface area contributed by atoms with Crippen molar-refractivity contribution in [2.45, 2.75) is 32.5 Å². The van der Waals surface area contributed by atoms with Crippen molar-refractivity contribution >= 4 is 17.2 Å². The van der Waals surface area contributed by atoms with Gasteiger partial charge < -0.3 is 9.88 Å². The minimum atomic E-state index is -0.0953. The molecule has 0 radical (unpaired) electrons. The van der Waals surface area contributed by atoms with Crippen LogP contribution in [0.2, 0.25) is 0 Å². The number of hydrogen-bond donors (Lipinski definition) is 1. The lowest BCUT2D eigenvalue weighted by Crippen LogP contribution is -2.44. The number of benzene rings is 1. The third-order valence-corrected chi connectivity index (χ3v) is 6.30. The van der Waals surface area contributed by atoms with Gasteiger partial charge in [0.1, 0.15) is 0 Å². The van der Waals surface area contributed by atoms with E-state index >= 15 is 0 Å². The monoisotopic (exact) mass is 379 g/mol. The van der Waals surface area contributed by atoms with Crippen LogP contribution in [-0.2, 0) is 11.3 Å². The molecule has 3 heterocycles. The summed E-state index contributed by atoms with van der Waals surface area (Å²) in [4.78, 5) is 16.3. The Labute approximate surface area is 164 Å². The number of fused-ring (bicyclic) bond motifs is 1. The van der Waals surface area contributed by atoms with E-state index < -0.39 is 0 Å². The van der Waals surface area contributed by atoms with Gasteiger partial charge >= 0.3 is 0 Å². The van der Waals surface area contributed by atoms with Gasteiger partial charge in [-0.15, -0.1) is 11.3 Å². The van der Waals surface area contributed by atoms with Gasteiger partial charge in [-0.1, -0.05) is 35.9 Å². The number of rotatable bonds is 5. The van der Waals surface area contributed by atoms with Crippen molar-refractivity contribution in [1.82, 2.24) is 14.8 Å². The second kappa shape index (κ2) is 7.71. The van der Waals surface area contributed by atoms with E-state index in [0.717, 1.165) is 23.5 Å². The van der Waals surface area contributed by atoms with E-state index in [1.54, 1.807) is 11.3 Å². The molecule has 27 heavy (non-hydrogen) atoms. The summed E-state index contributed by atoms with van der Waals surface area (Å²) in [6.07, 6.45) is 2.12. The summed E-state index contributed by atoms with van der Waals surface area (Å²) >= 11 is 1.68. The Balaban J connectivity index is 1.48. The van der Waals surface area contributed by atoms with Crippen LogP contribution in [0.4, 0.5) is 0 Å². The lowest BCUT2D eigenvalue weighted by atomic mass is 10.0. The molecule has 1 aliphatic rings. The van der Waals surface area contributed by atoms with Crippen LogP contribution in [0.3, 0.4) is 0 Å². The summed E-state index contributed by atoms with van der Waals surface area (Å²) in [5, 5.41) is 5.32. The summed E-state index contributed by atoms with van der Waals surface area (Å²) in [6.45, 7) is 6.50. The number of amides is 1. The molecular weight excluding hydrogens is 354 g/mol. The summed E-state index contributed by atoms with van der Waals surface area (Å²) in [5.41, 5.74) is 3.62. The number of aryl methyl sites for hydroxylation is 1. The Morgan fingerprint density at radius 2 is 2.00 bits per heavy atom. The first-order chi connectivity index (χ1) is 13.1. The number of thiophene rings is 1. The Kier molecular flexibility index (Phi) is 5.14. The van der Waals surface area contributed by atoms with Crippen LogP contribution in [0.15, 0.2) is 60.1 Å². The summed E-state index contributed by atoms with van der Waals surface area (Å²) < 4.78 is 2.28. The molecular formula is C22H25N3OS. The normalized spacial score (nSPS) is 18.1. The van der Waals surface area contributed by atoms with Gasteiger partial charge in [-0.2, -0.15) is 0 Å². The molecule has 1 N–H and O–H groups in total. The number of hydrogen-bond acceptors (Lipinski definition) is 3. The number of carbonyl (C=O) groups is 1. The SMILES string of the molecule is Cc1ccc(C(NC(=O)CN2CCn3cccc3C2C)c2cccs2)cc1. The van der Waals surface area contributed by atoms with Crippen LogP contribution in [0, 0.1) is 6.92 Å². The first-order valence-corrected chi connectivity index (χ1v) is 10.3. The Bertz CT molecular complexity index is 898. The van der Waals surface area contributed by atoms with Gasteiger partial charge in [0.25, 0.3) is 0 Å². The number of nitrogens with zero attached hydrogens (tertiary/aromatic N) is 2. The van der Waals surface area contributed by atoms with E-state index in [-0.39, 0.29) is 18.0 Å². The van der Waals surface area contributed by atoms with Gasteiger partial charge in [-0.25, -0.2) is 0 Å². The highest BCUT2D eigenvalue weighted by atomic mass is 32.1. The van der Waals surface area contributed by atoms with Crippen molar-refractivity contribution in [2.75, 3.05) is 13.1 Å². The predicted molar refractivity (Wildman–Crippen MR) is 110 cm³/mol. The van der Waals surface area contributed by atoms with Crippen molar-refractivity contribution in [3.05, 3.63) is 81.8 Å². The molecule has 4 rings (SSSR count). The largest absolute Gasteiger partial charge is 0.349 e. The predicted octanol–water partition coefficient (Wildman–Crippen LogP) is 4.14. The first kappa shape index (κ1) is 18.0.